The Morgan fingerprint density at radius 2 is 1.81 bits per heavy atom. The van der Waals surface area contributed by atoms with Crippen molar-refractivity contribution in [3.8, 4) is 0 Å². The molecule has 0 radical (unpaired) electrons. The summed E-state index contributed by atoms with van der Waals surface area (Å²) < 4.78 is 2.33. The Labute approximate surface area is 98.9 Å². The first-order chi connectivity index (χ1) is 7.36. The summed E-state index contributed by atoms with van der Waals surface area (Å²) in [6.07, 6.45) is 12.3. The third kappa shape index (κ3) is 5.84. The molecule has 92 valence electrons. The summed E-state index contributed by atoms with van der Waals surface area (Å²) in [4.78, 5) is 0. The Hall–Kier alpha value is -0.920. The molecule has 0 aromatic carbocycles. The monoisotopic (exact) mass is 225 g/mol. The average Bonchev–Trinajstić information content (AvgIpc) is 2.27. The van der Waals surface area contributed by atoms with Crippen LogP contribution in [-0.2, 0) is 13.0 Å². The lowest BCUT2D eigenvalue weighted by Gasteiger charge is -2.00. The van der Waals surface area contributed by atoms with Crippen LogP contribution in [-0.4, -0.2) is 0 Å². The number of aromatic nitrogens is 1. The van der Waals surface area contributed by atoms with Gasteiger partial charge in [-0.25, -0.2) is 4.57 Å². The summed E-state index contributed by atoms with van der Waals surface area (Å²) in [5.74, 6) is 0. The van der Waals surface area contributed by atoms with Gasteiger partial charge in [0.1, 0.15) is 6.54 Å². The van der Waals surface area contributed by atoms with Gasteiger partial charge in [0.2, 0.25) is 0 Å². The fourth-order valence-corrected chi connectivity index (χ4v) is 1.79. The topological polar surface area (TPSA) is 3.88 Å². The SMILES string of the molecule is CCCCC[n+]1cccc(CCCC)c1.[F-]. The smallest absolute Gasteiger partial charge is 0.171 e. The van der Waals surface area contributed by atoms with Gasteiger partial charge in [0.05, 0.1) is 0 Å². The molecule has 0 N–H and O–H groups in total. The molecule has 1 aromatic heterocycles. The molecule has 1 aromatic rings. The van der Waals surface area contributed by atoms with E-state index < -0.39 is 0 Å². The van der Waals surface area contributed by atoms with Crippen LogP contribution in [0.4, 0.5) is 0 Å². The van der Waals surface area contributed by atoms with Crippen LogP contribution in [0.25, 0.3) is 0 Å². The summed E-state index contributed by atoms with van der Waals surface area (Å²) in [7, 11) is 0. The minimum Gasteiger partial charge on any atom is -1.00 e. The molecule has 2 heteroatoms. The standard InChI is InChI=1S/C14H24N.FH/c1-3-5-7-11-15-12-8-10-14(13-15)9-6-4-2;/h8,10,12-13H,3-7,9,11H2,1-2H3;1H/q+1;/p-1. The van der Waals surface area contributed by atoms with Crippen molar-refractivity contribution in [2.75, 3.05) is 0 Å². The number of halogens is 1. The number of rotatable bonds is 7. The maximum Gasteiger partial charge on any atom is 0.171 e. The van der Waals surface area contributed by atoms with Crippen LogP contribution in [0.3, 0.4) is 0 Å². The number of unbranched alkanes of at least 4 members (excludes halogenated alkanes) is 3. The highest BCUT2D eigenvalue weighted by Crippen LogP contribution is 2.02. The predicted octanol–water partition coefficient (Wildman–Crippen LogP) is 0.511. The fraction of sp³-hybridized carbons (Fsp3) is 0.643. The molecule has 1 nitrogen and oxygen atoms in total. The maximum atomic E-state index is 2.33. The molecule has 0 spiro atoms. The Balaban J connectivity index is 0.00000225. The molecule has 0 fully saturated rings. The molecular formula is C14H24FN. The molecule has 1 heterocycles. The lowest BCUT2D eigenvalue weighted by atomic mass is 10.1. The van der Waals surface area contributed by atoms with Crippen LogP contribution in [0.2, 0.25) is 0 Å². The zero-order chi connectivity index (χ0) is 10.9. The quantitative estimate of drug-likeness (QED) is 0.470. The molecule has 0 amide bonds. The van der Waals surface area contributed by atoms with Gasteiger partial charge >= 0.3 is 0 Å². The number of nitrogens with zero attached hydrogens (tertiary/aromatic N) is 1. The molecule has 0 saturated heterocycles. The van der Waals surface area contributed by atoms with Crippen molar-refractivity contribution in [2.45, 2.75) is 58.9 Å². The molecule has 0 bridgehead atoms. The van der Waals surface area contributed by atoms with Gasteiger partial charge in [0.25, 0.3) is 0 Å². The molecule has 0 aliphatic rings. The Kier molecular flexibility index (Phi) is 8.78. The van der Waals surface area contributed by atoms with E-state index in [1.165, 1.54) is 50.6 Å². The van der Waals surface area contributed by atoms with E-state index in [-0.39, 0.29) is 4.70 Å². The third-order valence-corrected chi connectivity index (χ3v) is 2.76. The highest BCUT2D eigenvalue weighted by molar-refractivity contribution is 5.05. The van der Waals surface area contributed by atoms with Gasteiger partial charge in [0, 0.05) is 18.1 Å². The van der Waals surface area contributed by atoms with E-state index in [4.69, 9.17) is 0 Å². The lowest BCUT2D eigenvalue weighted by Crippen LogP contribution is -3.00. The number of aryl methyl sites for hydroxylation is 2. The lowest BCUT2D eigenvalue weighted by molar-refractivity contribution is -0.697. The van der Waals surface area contributed by atoms with E-state index in [0.717, 1.165) is 0 Å². The van der Waals surface area contributed by atoms with Crippen LogP contribution in [0.15, 0.2) is 24.5 Å². The summed E-state index contributed by atoms with van der Waals surface area (Å²) >= 11 is 0. The Morgan fingerprint density at radius 1 is 1.06 bits per heavy atom. The van der Waals surface area contributed by atoms with Gasteiger partial charge in [-0.15, -0.1) is 0 Å². The van der Waals surface area contributed by atoms with E-state index in [0.29, 0.717) is 0 Å². The van der Waals surface area contributed by atoms with Crippen LogP contribution >= 0.6 is 0 Å². The van der Waals surface area contributed by atoms with Crippen LogP contribution in [0.5, 0.6) is 0 Å². The minimum atomic E-state index is 0. The maximum absolute atomic E-state index is 2.33. The molecular weight excluding hydrogens is 201 g/mol. The first-order valence-corrected chi connectivity index (χ1v) is 6.34. The molecule has 0 saturated carbocycles. The largest absolute Gasteiger partial charge is 1.00 e. The van der Waals surface area contributed by atoms with Gasteiger partial charge in [0.15, 0.2) is 12.4 Å². The van der Waals surface area contributed by atoms with Gasteiger partial charge in [-0.05, 0) is 25.3 Å². The predicted molar refractivity (Wildman–Crippen MR) is 64.8 cm³/mol. The van der Waals surface area contributed by atoms with E-state index >= 15 is 0 Å². The zero-order valence-corrected chi connectivity index (χ0v) is 10.6. The van der Waals surface area contributed by atoms with Gasteiger partial charge in [-0.3, -0.25) is 0 Å². The molecule has 0 atom stereocenters. The first kappa shape index (κ1) is 15.1. The first-order valence-electron chi connectivity index (χ1n) is 6.34. The molecule has 0 unspecified atom stereocenters. The van der Waals surface area contributed by atoms with Crippen LogP contribution < -0.4 is 9.27 Å². The second kappa shape index (κ2) is 9.32. The van der Waals surface area contributed by atoms with Crippen molar-refractivity contribution in [1.82, 2.24) is 0 Å². The van der Waals surface area contributed by atoms with Crippen molar-refractivity contribution >= 4 is 0 Å². The third-order valence-electron chi connectivity index (χ3n) is 2.76. The van der Waals surface area contributed by atoms with Crippen molar-refractivity contribution in [3.05, 3.63) is 30.1 Å². The fourth-order valence-electron chi connectivity index (χ4n) is 1.79. The van der Waals surface area contributed by atoms with E-state index in [1.54, 1.807) is 0 Å². The second-order valence-electron chi connectivity index (χ2n) is 4.26. The molecule has 0 aliphatic heterocycles. The van der Waals surface area contributed by atoms with Crippen LogP contribution in [0.1, 0.15) is 51.5 Å². The number of pyridine rings is 1. The molecule has 16 heavy (non-hydrogen) atoms. The summed E-state index contributed by atoms with van der Waals surface area (Å²) in [6.45, 7) is 5.67. The van der Waals surface area contributed by atoms with Crippen molar-refractivity contribution < 1.29 is 9.27 Å². The zero-order valence-electron chi connectivity index (χ0n) is 10.6. The van der Waals surface area contributed by atoms with Gasteiger partial charge in [-0.1, -0.05) is 26.7 Å². The molecule has 1 rings (SSSR count). The normalized spacial score (nSPS) is 9.88. The average molecular weight is 225 g/mol. The number of hydrogen-bond acceptors (Lipinski definition) is 0. The summed E-state index contributed by atoms with van der Waals surface area (Å²) in [6, 6.07) is 4.42. The van der Waals surface area contributed by atoms with Crippen LogP contribution in [0, 0.1) is 0 Å². The summed E-state index contributed by atoms with van der Waals surface area (Å²) in [5, 5.41) is 0. The van der Waals surface area contributed by atoms with E-state index in [9.17, 15) is 0 Å². The number of hydrogen-bond donors (Lipinski definition) is 0. The van der Waals surface area contributed by atoms with E-state index in [1.807, 2.05) is 0 Å². The summed E-state index contributed by atoms with van der Waals surface area (Å²) in [5.41, 5.74) is 1.48. The Bertz CT molecular complexity index is 273. The Morgan fingerprint density at radius 3 is 2.50 bits per heavy atom. The highest BCUT2D eigenvalue weighted by atomic mass is 19.0. The second-order valence-corrected chi connectivity index (χ2v) is 4.26. The van der Waals surface area contributed by atoms with Crippen molar-refractivity contribution in [3.63, 3.8) is 0 Å². The van der Waals surface area contributed by atoms with E-state index in [2.05, 4.69) is 42.9 Å². The minimum absolute atomic E-state index is 0. The van der Waals surface area contributed by atoms with Gasteiger partial charge < -0.3 is 4.70 Å². The van der Waals surface area contributed by atoms with Crippen molar-refractivity contribution in [2.24, 2.45) is 0 Å². The van der Waals surface area contributed by atoms with Gasteiger partial charge in [-0.2, -0.15) is 0 Å². The highest BCUT2D eigenvalue weighted by Gasteiger charge is 2.01. The molecule has 0 aliphatic carbocycles. The van der Waals surface area contributed by atoms with Crippen molar-refractivity contribution in [1.29, 1.82) is 0 Å².